The molecule has 0 N–H and O–H groups in total. The zero-order chi connectivity index (χ0) is 14.1. The van der Waals surface area contributed by atoms with Crippen LogP contribution in [0.2, 0.25) is 0 Å². The van der Waals surface area contributed by atoms with Crippen LogP contribution in [0.15, 0.2) is 42.5 Å². The first-order chi connectivity index (χ1) is 9.76. The molecule has 0 fully saturated rings. The first-order valence-corrected chi connectivity index (χ1v) is 6.92. The number of fused-ring (bicyclic) bond motifs is 3. The largest absolute Gasteiger partial charge is 0.361 e. The van der Waals surface area contributed by atoms with Crippen molar-refractivity contribution in [3.63, 3.8) is 0 Å². The molecule has 3 rings (SSSR count). The molecule has 2 nitrogen and oxygen atoms in total. The molecule has 0 radical (unpaired) electrons. The van der Waals surface area contributed by atoms with E-state index in [0.29, 0.717) is 6.54 Å². The van der Waals surface area contributed by atoms with Gasteiger partial charge >= 0.3 is 0 Å². The van der Waals surface area contributed by atoms with E-state index in [1.54, 1.807) is 0 Å². The molecule has 2 aromatic carbocycles. The smallest absolute Gasteiger partial charge is 0.0791 e. The van der Waals surface area contributed by atoms with E-state index in [0.717, 1.165) is 6.54 Å². The summed E-state index contributed by atoms with van der Waals surface area (Å²) in [6.07, 6.45) is 5.45. The predicted octanol–water partition coefficient (Wildman–Crippen LogP) is 3.79. The van der Waals surface area contributed by atoms with Gasteiger partial charge in [-0.1, -0.05) is 24.1 Å². The summed E-state index contributed by atoms with van der Waals surface area (Å²) in [4.78, 5) is 2.21. The van der Waals surface area contributed by atoms with Gasteiger partial charge in [0.15, 0.2) is 0 Å². The Morgan fingerprint density at radius 2 is 1.85 bits per heavy atom. The molecule has 0 atom stereocenters. The van der Waals surface area contributed by atoms with Crippen molar-refractivity contribution in [2.75, 3.05) is 18.0 Å². The van der Waals surface area contributed by atoms with Gasteiger partial charge in [-0.15, -0.1) is 6.42 Å². The van der Waals surface area contributed by atoms with Crippen LogP contribution in [0.25, 0.3) is 21.8 Å². The van der Waals surface area contributed by atoms with Crippen molar-refractivity contribution < 1.29 is 0 Å². The summed E-state index contributed by atoms with van der Waals surface area (Å²) in [7, 11) is 2.11. The van der Waals surface area contributed by atoms with Gasteiger partial charge in [-0.25, -0.2) is 0 Å². The maximum Gasteiger partial charge on any atom is 0.0791 e. The van der Waals surface area contributed by atoms with Crippen LogP contribution < -0.4 is 4.90 Å². The third kappa shape index (κ3) is 1.83. The van der Waals surface area contributed by atoms with Crippen LogP contribution in [-0.2, 0) is 7.05 Å². The van der Waals surface area contributed by atoms with Crippen molar-refractivity contribution >= 4 is 27.5 Å². The Bertz CT molecular complexity index is 805. The van der Waals surface area contributed by atoms with Gasteiger partial charge < -0.3 is 9.47 Å². The number of rotatable bonds is 3. The molecule has 2 heteroatoms. The lowest BCUT2D eigenvalue weighted by Crippen LogP contribution is -2.22. The lowest BCUT2D eigenvalue weighted by Gasteiger charge is -2.20. The molecule has 1 aromatic heterocycles. The zero-order valence-corrected chi connectivity index (χ0v) is 11.9. The number of para-hydroxylation sites is 1. The SMILES string of the molecule is C#CCN(CC)c1ccc2c(c1)c1ccccc1n2C. The highest BCUT2D eigenvalue weighted by atomic mass is 15.1. The number of hydrogen-bond donors (Lipinski definition) is 0. The highest BCUT2D eigenvalue weighted by Gasteiger charge is 2.10. The highest BCUT2D eigenvalue weighted by Crippen LogP contribution is 2.31. The molecule has 3 aromatic rings. The van der Waals surface area contributed by atoms with Gasteiger partial charge in [0.1, 0.15) is 0 Å². The molecule has 0 bridgehead atoms. The Morgan fingerprint density at radius 3 is 2.60 bits per heavy atom. The molecule has 0 saturated carbocycles. The molecule has 0 saturated heterocycles. The molecule has 100 valence electrons. The van der Waals surface area contributed by atoms with Crippen LogP contribution in [0.5, 0.6) is 0 Å². The maximum atomic E-state index is 5.45. The summed E-state index contributed by atoms with van der Waals surface area (Å²) in [6.45, 7) is 3.69. The van der Waals surface area contributed by atoms with Crippen molar-refractivity contribution in [3.8, 4) is 12.3 Å². The van der Waals surface area contributed by atoms with Gasteiger partial charge in [0, 0.05) is 41.1 Å². The van der Waals surface area contributed by atoms with Crippen LogP contribution in [0, 0.1) is 12.3 Å². The second kappa shape index (κ2) is 4.94. The summed E-state index contributed by atoms with van der Waals surface area (Å²) in [5.74, 6) is 2.73. The fourth-order valence-electron chi connectivity index (χ4n) is 2.85. The molecule has 0 spiro atoms. The van der Waals surface area contributed by atoms with E-state index in [1.165, 1.54) is 27.5 Å². The monoisotopic (exact) mass is 262 g/mol. The first-order valence-electron chi connectivity index (χ1n) is 6.92. The second-order valence-electron chi connectivity index (χ2n) is 5.00. The van der Waals surface area contributed by atoms with E-state index in [4.69, 9.17) is 6.42 Å². The molecule has 0 aliphatic carbocycles. The van der Waals surface area contributed by atoms with Gasteiger partial charge in [0.25, 0.3) is 0 Å². The molecular weight excluding hydrogens is 244 g/mol. The Hall–Kier alpha value is -2.40. The standard InChI is InChI=1S/C18H18N2/c1-4-12-20(5-2)14-10-11-18-16(13-14)15-8-6-7-9-17(15)19(18)3/h1,6-11,13H,5,12H2,2-3H3. The molecule has 0 amide bonds. The van der Waals surface area contributed by atoms with Crippen LogP contribution in [-0.4, -0.2) is 17.7 Å². The normalized spacial score (nSPS) is 10.8. The summed E-state index contributed by atoms with van der Waals surface area (Å²) >= 11 is 0. The van der Waals surface area contributed by atoms with Crippen molar-refractivity contribution in [3.05, 3.63) is 42.5 Å². The fourth-order valence-corrected chi connectivity index (χ4v) is 2.85. The number of anilines is 1. The fraction of sp³-hybridized carbons (Fsp3) is 0.222. The second-order valence-corrected chi connectivity index (χ2v) is 5.00. The van der Waals surface area contributed by atoms with Crippen molar-refractivity contribution in [2.24, 2.45) is 7.05 Å². The number of hydrogen-bond acceptors (Lipinski definition) is 1. The number of nitrogens with zero attached hydrogens (tertiary/aromatic N) is 2. The van der Waals surface area contributed by atoms with E-state index in [9.17, 15) is 0 Å². The molecule has 1 heterocycles. The average molecular weight is 262 g/mol. The Kier molecular flexibility index (Phi) is 3.12. The summed E-state index contributed by atoms with van der Waals surface area (Å²) in [6, 6.07) is 15.1. The molecule has 0 unspecified atom stereocenters. The molecule has 0 aliphatic heterocycles. The number of terminal acetylenes is 1. The van der Waals surface area contributed by atoms with E-state index in [1.807, 2.05) is 0 Å². The van der Waals surface area contributed by atoms with Crippen molar-refractivity contribution in [1.82, 2.24) is 4.57 Å². The molecule has 0 aliphatic rings. The third-order valence-electron chi connectivity index (χ3n) is 3.93. The summed E-state index contributed by atoms with van der Waals surface area (Å²) < 4.78 is 2.24. The Balaban J connectivity index is 2.25. The maximum absolute atomic E-state index is 5.45. The summed E-state index contributed by atoms with van der Waals surface area (Å²) in [5.41, 5.74) is 3.71. The van der Waals surface area contributed by atoms with Crippen LogP contribution in [0.3, 0.4) is 0 Å². The highest BCUT2D eigenvalue weighted by molar-refractivity contribution is 6.09. The molecular formula is C18H18N2. The third-order valence-corrected chi connectivity index (χ3v) is 3.93. The number of benzene rings is 2. The van der Waals surface area contributed by atoms with E-state index < -0.39 is 0 Å². The zero-order valence-electron chi connectivity index (χ0n) is 11.9. The lowest BCUT2D eigenvalue weighted by molar-refractivity contribution is 0.919. The van der Waals surface area contributed by atoms with Crippen LogP contribution in [0.1, 0.15) is 6.92 Å². The lowest BCUT2D eigenvalue weighted by atomic mass is 10.1. The number of aromatic nitrogens is 1. The first kappa shape index (κ1) is 12.6. The topological polar surface area (TPSA) is 8.17 Å². The van der Waals surface area contributed by atoms with Gasteiger partial charge in [0.05, 0.1) is 6.54 Å². The van der Waals surface area contributed by atoms with E-state index in [-0.39, 0.29) is 0 Å². The van der Waals surface area contributed by atoms with Crippen LogP contribution in [0.4, 0.5) is 5.69 Å². The van der Waals surface area contributed by atoms with Crippen LogP contribution >= 0.6 is 0 Å². The van der Waals surface area contributed by atoms with Crippen molar-refractivity contribution in [2.45, 2.75) is 6.92 Å². The Labute approximate surface area is 119 Å². The summed E-state index contributed by atoms with van der Waals surface area (Å²) in [5, 5.41) is 2.58. The van der Waals surface area contributed by atoms with Gasteiger partial charge in [-0.2, -0.15) is 0 Å². The van der Waals surface area contributed by atoms with Gasteiger partial charge in [-0.05, 0) is 31.2 Å². The Morgan fingerprint density at radius 1 is 1.10 bits per heavy atom. The quantitative estimate of drug-likeness (QED) is 0.652. The van der Waals surface area contributed by atoms with Gasteiger partial charge in [-0.3, -0.25) is 0 Å². The van der Waals surface area contributed by atoms with Gasteiger partial charge in [0.2, 0.25) is 0 Å². The molecule has 20 heavy (non-hydrogen) atoms. The number of aryl methyl sites for hydroxylation is 1. The minimum absolute atomic E-state index is 0.646. The minimum atomic E-state index is 0.646. The van der Waals surface area contributed by atoms with E-state index in [2.05, 4.69) is 71.8 Å². The van der Waals surface area contributed by atoms with E-state index >= 15 is 0 Å². The predicted molar refractivity (Wildman–Crippen MR) is 87.1 cm³/mol. The minimum Gasteiger partial charge on any atom is -0.361 e. The average Bonchev–Trinajstić information content (AvgIpc) is 2.78. The van der Waals surface area contributed by atoms with Crippen molar-refractivity contribution in [1.29, 1.82) is 0 Å².